The number of rotatable bonds is 0. The van der Waals surface area contributed by atoms with Crippen molar-refractivity contribution in [1.29, 1.82) is 5.41 Å². The van der Waals surface area contributed by atoms with E-state index in [2.05, 4.69) is 0 Å². The number of hydrogen-bond donors (Lipinski definition) is 2. The van der Waals surface area contributed by atoms with Crippen LogP contribution in [0.5, 0.6) is 0 Å². The highest BCUT2D eigenvalue weighted by molar-refractivity contribution is 5.98. The summed E-state index contributed by atoms with van der Waals surface area (Å²) < 4.78 is 0. The highest BCUT2D eigenvalue weighted by atomic mass is 16.3. The number of hydrogen-bond acceptors (Lipinski definition) is 2. The molecule has 0 saturated carbocycles. The summed E-state index contributed by atoms with van der Waals surface area (Å²) in [5, 5.41) is 16.0. The van der Waals surface area contributed by atoms with Crippen LogP contribution in [-0.2, 0) is 0 Å². The van der Waals surface area contributed by atoms with Crippen molar-refractivity contribution in [1.82, 2.24) is 0 Å². The van der Waals surface area contributed by atoms with Gasteiger partial charge in [-0.05, 0) is 25.3 Å². The Balaban J connectivity index is 2.86. The van der Waals surface area contributed by atoms with Crippen molar-refractivity contribution in [3.63, 3.8) is 0 Å². The van der Waals surface area contributed by atoms with Gasteiger partial charge in [-0.15, -0.1) is 0 Å². The minimum Gasteiger partial charge on any atom is -0.506 e. The van der Waals surface area contributed by atoms with Gasteiger partial charge >= 0.3 is 0 Å². The zero-order valence-corrected chi connectivity index (χ0v) is 4.86. The van der Waals surface area contributed by atoms with Crippen LogP contribution < -0.4 is 0 Å². The average Bonchev–Trinajstić information content (AvgIpc) is 1.98. The molecule has 0 saturated heterocycles. The molecule has 0 aromatic rings. The largest absolute Gasteiger partial charge is 0.506 e. The molecule has 0 aromatic heterocycles. The number of aliphatic hydroxyl groups excluding tert-OH is 1. The third-order valence-corrected chi connectivity index (χ3v) is 1.44. The minimum atomic E-state index is 0.213. The summed E-state index contributed by atoms with van der Waals surface area (Å²) in [6, 6.07) is 0. The second kappa shape index (κ2) is 1.62. The van der Waals surface area contributed by atoms with Gasteiger partial charge in [0.25, 0.3) is 0 Å². The molecule has 0 bridgehead atoms. The molecule has 0 heterocycles. The molecule has 1 aliphatic carbocycles. The Bertz CT molecular complexity index is 158. The fraction of sp³-hybridized carbons (Fsp3) is 0.500. The lowest BCUT2D eigenvalue weighted by Crippen LogP contribution is -1.91. The molecule has 0 fully saturated rings. The fourth-order valence-electron chi connectivity index (χ4n) is 0.807. The Hall–Kier alpha value is -0.790. The van der Waals surface area contributed by atoms with Crippen molar-refractivity contribution >= 4 is 5.71 Å². The predicted octanol–water partition coefficient (Wildman–Crippen LogP) is 1.63. The molecule has 0 spiro atoms. The summed E-state index contributed by atoms with van der Waals surface area (Å²) in [6.45, 7) is 1.86. The van der Waals surface area contributed by atoms with E-state index in [4.69, 9.17) is 10.5 Å². The van der Waals surface area contributed by atoms with E-state index < -0.39 is 0 Å². The van der Waals surface area contributed by atoms with Gasteiger partial charge in [-0.2, -0.15) is 0 Å². The Labute approximate surface area is 48.3 Å². The van der Waals surface area contributed by atoms with E-state index in [1.807, 2.05) is 6.92 Å². The van der Waals surface area contributed by atoms with Crippen LogP contribution in [0.3, 0.4) is 0 Å². The van der Waals surface area contributed by atoms with Crippen molar-refractivity contribution in [3.05, 3.63) is 11.3 Å². The van der Waals surface area contributed by atoms with Gasteiger partial charge in [-0.3, -0.25) is 0 Å². The van der Waals surface area contributed by atoms with Crippen LogP contribution in [-0.4, -0.2) is 10.8 Å². The molecule has 0 aliphatic heterocycles. The maximum Gasteiger partial charge on any atom is 0.135 e. The zero-order valence-electron chi connectivity index (χ0n) is 4.86. The van der Waals surface area contributed by atoms with E-state index in [0.29, 0.717) is 5.71 Å². The van der Waals surface area contributed by atoms with Crippen LogP contribution in [0.1, 0.15) is 19.8 Å². The Morgan fingerprint density at radius 3 is 2.25 bits per heavy atom. The second-order valence-corrected chi connectivity index (χ2v) is 2.11. The molecule has 0 atom stereocenters. The third kappa shape index (κ3) is 0.619. The van der Waals surface area contributed by atoms with E-state index in [0.717, 1.165) is 18.4 Å². The van der Waals surface area contributed by atoms with Crippen molar-refractivity contribution in [3.8, 4) is 0 Å². The Morgan fingerprint density at radius 1 is 1.50 bits per heavy atom. The molecule has 1 aliphatic rings. The molecule has 2 nitrogen and oxygen atoms in total. The molecule has 2 heteroatoms. The van der Waals surface area contributed by atoms with Gasteiger partial charge in [0, 0.05) is 0 Å². The fourth-order valence-corrected chi connectivity index (χ4v) is 0.807. The van der Waals surface area contributed by atoms with Gasteiger partial charge in [0.15, 0.2) is 0 Å². The lowest BCUT2D eigenvalue weighted by molar-refractivity contribution is 0.438. The number of aliphatic hydroxyl groups is 1. The number of nitrogens with one attached hydrogen (secondary N) is 1. The summed E-state index contributed by atoms with van der Waals surface area (Å²) >= 11 is 0. The molecule has 0 amide bonds. The van der Waals surface area contributed by atoms with E-state index in [1.165, 1.54) is 0 Å². The lowest BCUT2D eigenvalue weighted by atomic mass is 10.3. The standard InChI is InChI=1S/C6H9NO/c1-4-2-3-5(7)6(4)8/h7-8H,2-3H2,1H3. The van der Waals surface area contributed by atoms with Crippen LogP contribution in [0.25, 0.3) is 0 Å². The maximum atomic E-state index is 8.92. The first-order valence-corrected chi connectivity index (χ1v) is 2.68. The average molecular weight is 111 g/mol. The normalized spacial score (nSPS) is 20.4. The first-order chi connectivity index (χ1) is 3.72. The molecule has 1 rings (SSSR count). The topological polar surface area (TPSA) is 44.1 Å². The highest BCUT2D eigenvalue weighted by Gasteiger charge is 2.14. The van der Waals surface area contributed by atoms with Crippen LogP contribution in [0, 0.1) is 5.41 Å². The third-order valence-electron chi connectivity index (χ3n) is 1.44. The van der Waals surface area contributed by atoms with Gasteiger partial charge in [-0.25, -0.2) is 0 Å². The second-order valence-electron chi connectivity index (χ2n) is 2.11. The van der Waals surface area contributed by atoms with Gasteiger partial charge in [0.1, 0.15) is 5.76 Å². The lowest BCUT2D eigenvalue weighted by Gasteiger charge is -1.88. The molecule has 0 aromatic carbocycles. The van der Waals surface area contributed by atoms with Crippen LogP contribution >= 0.6 is 0 Å². The Kier molecular flexibility index (Phi) is 1.08. The smallest absolute Gasteiger partial charge is 0.135 e. The first-order valence-electron chi connectivity index (χ1n) is 2.68. The molecular formula is C6H9NO. The molecule has 0 radical (unpaired) electrons. The summed E-state index contributed by atoms with van der Waals surface area (Å²) in [7, 11) is 0. The summed E-state index contributed by atoms with van der Waals surface area (Å²) in [4.78, 5) is 0. The van der Waals surface area contributed by atoms with Crippen LogP contribution in [0.15, 0.2) is 11.3 Å². The Morgan fingerprint density at radius 2 is 2.12 bits per heavy atom. The predicted molar refractivity (Wildman–Crippen MR) is 32.3 cm³/mol. The van der Waals surface area contributed by atoms with Crippen molar-refractivity contribution < 1.29 is 5.11 Å². The molecular weight excluding hydrogens is 102 g/mol. The summed E-state index contributed by atoms with van der Waals surface area (Å²) in [5.41, 5.74) is 1.34. The van der Waals surface area contributed by atoms with Gasteiger partial charge < -0.3 is 10.5 Å². The van der Waals surface area contributed by atoms with Crippen molar-refractivity contribution in [2.45, 2.75) is 19.8 Å². The highest BCUT2D eigenvalue weighted by Crippen LogP contribution is 2.19. The summed E-state index contributed by atoms with van der Waals surface area (Å²) in [5.74, 6) is 0.213. The van der Waals surface area contributed by atoms with E-state index >= 15 is 0 Å². The van der Waals surface area contributed by atoms with E-state index in [-0.39, 0.29) is 5.76 Å². The maximum absolute atomic E-state index is 8.92. The molecule has 8 heavy (non-hydrogen) atoms. The zero-order chi connectivity index (χ0) is 6.15. The van der Waals surface area contributed by atoms with Crippen molar-refractivity contribution in [2.75, 3.05) is 0 Å². The van der Waals surface area contributed by atoms with Crippen molar-refractivity contribution in [2.24, 2.45) is 0 Å². The minimum absolute atomic E-state index is 0.213. The number of allylic oxidation sites excluding steroid dienone is 2. The van der Waals surface area contributed by atoms with Crippen LogP contribution in [0.2, 0.25) is 0 Å². The first kappa shape index (κ1) is 5.35. The summed E-state index contributed by atoms with van der Waals surface area (Å²) in [6.07, 6.45) is 1.59. The molecule has 2 N–H and O–H groups in total. The van der Waals surface area contributed by atoms with Crippen LogP contribution in [0.4, 0.5) is 0 Å². The monoisotopic (exact) mass is 111 g/mol. The molecule has 0 unspecified atom stereocenters. The van der Waals surface area contributed by atoms with Gasteiger partial charge in [0.05, 0.1) is 5.71 Å². The van der Waals surface area contributed by atoms with Gasteiger partial charge in [0.2, 0.25) is 0 Å². The van der Waals surface area contributed by atoms with Gasteiger partial charge in [-0.1, -0.05) is 0 Å². The molecule has 44 valence electrons. The SMILES string of the molecule is CC1=C(O)C(=N)CC1. The van der Waals surface area contributed by atoms with E-state index in [1.54, 1.807) is 0 Å². The van der Waals surface area contributed by atoms with E-state index in [9.17, 15) is 0 Å². The quantitative estimate of drug-likeness (QED) is 0.490.